The van der Waals surface area contributed by atoms with E-state index in [0.717, 1.165) is 30.3 Å². The maximum Gasteiger partial charge on any atom is 0.0108 e. The van der Waals surface area contributed by atoms with Crippen molar-refractivity contribution in [2.24, 2.45) is 23.2 Å². The summed E-state index contributed by atoms with van der Waals surface area (Å²) in [5, 5.41) is 3.78. The fraction of sp³-hybridized carbons (Fsp3) is 1.00. The minimum absolute atomic E-state index is 0.477. The minimum atomic E-state index is 0.477. The van der Waals surface area contributed by atoms with Crippen LogP contribution in [0.25, 0.3) is 0 Å². The molecule has 2 nitrogen and oxygen atoms in total. The standard InChI is InChI=1S/C19H38N2/c1-6-20-18-10-9-17(19(3,4)5)12-16(18)14-21-11-7-8-15(2)13-21/h15-18,20H,6-14H2,1-5H3. The normalized spacial score (nSPS) is 35.9. The van der Waals surface area contributed by atoms with Crippen LogP contribution in [0.1, 0.15) is 66.7 Å². The highest BCUT2D eigenvalue weighted by Crippen LogP contribution is 2.40. The molecule has 1 N–H and O–H groups in total. The first-order valence-electron chi connectivity index (χ1n) is 9.36. The molecule has 2 aliphatic rings. The third-order valence-electron chi connectivity index (χ3n) is 5.91. The summed E-state index contributed by atoms with van der Waals surface area (Å²) in [6, 6.07) is 0.755. The van der Waals surface area contributed by atoms with Crippen molar-refractivity contribution in [1.29, 1.82) is 0 Å². The monoisotopic (exact) mass is 294 g/mol. The molecule has 21 heavy (non-hydrogen) atoms. The summed E-state index contributed by atoms with van der Waals surface area (Å²) < 4.78 is 0. The van der Waals surface area contributed by atoms with Crippen molar-refractivity contribution in [2.75, 3.05) is 26.2 Å². The van der Waals surface area contributed by atoms with E-state index in [4.69, 9.17) is 0 Å². The molecule has 124 valence electrons. The van der Waals surface area contributed by atoms with Crippen molar-refractivity contribution in [3.05, 3.63) is 0 Å². The van der Waals surface area contributed by atoms with Gasteiger partial charge in [0, 0.05) is 19.1 Å². The molecule has 1 heterocycles. The summed E-state index contributed by atoms with van der Waals surface area (Å²) in [5.41, 5.74) is 0.477. The number of nitrogens with zero attached hydrogens (tertiary/aromatic N) is 1. The summed E-state index contributed by atoms with van der Waals surface area (Å²) in [5.74, 6) is 2.66. The molecule has 0 amide bonds. The van der Waals surface area contributed by atoms with E-state index >= 15 is 0 Å². The number of hydrogen-bond donors (Lipinski definition) is 1. The zero-order valence-electron chi connectivity index (χ0n) is 15.1. The van der Waals surface area contributed by atoms with Gasteiger partial charge < -0.3 is 10.2 Å². The van der Waals surface area contributed by atoms with E-state index in [9.17, 15) is 0 Å². The summed E-state index contributed by atoms with van der Waals surface area (Å²) in [7, 11) is 0. The maximum atomic E-state index is 3.78. The Morgan fingerprint density at radius 2 is 1.90 bits per heavy atom. The molecule has 1 aliphatic heterocycles. The predicted octanol–water partition coefficient (Wildman–Crippen LogP) is 4.16. The average Bonchev–Trinajstić information content (AvgIpc) is 2.40. The van der Waals surface area contributed by atoms with Crippen molar-refractivity contribution >= 4 is 0 Å². The van der Waals surface area contributed by atoms with Crippen molar-refractivity contribution in [3.8, 4) is 0 Å². The fourth-order valence-corrected chi connectivity index (χ4v) is 4.57. The molecular weight excluding hydrogens is 256 g/mol. The maximum absolute atomic E-state index is 3.78. The molecule has 2 heteroatoms. The van der Waals surface area contributed by atoms with Gasteiger partial charge in [0.05, 0.1) is 0 Å². The zero-order valence-corrected chi connectivity index (χ0v) is 15.1. The molecule has 0 spiro atoms. The van der Waals surface area contributed by atoms with Crippen LogP contribution >= 0.6 is 0 Å². The third-order valence-corrected chi connectivity index (χ3v) is 5.91. The highest BCUT2D eigenvalue weighted by Gasteiger charge is 2.36. The fourth-order valence-electron chi connectivity index (χ4n) is 4.57. The largest absolute Gasteiger partial charge is 0.314 e. The van der Waals surface area contributed by atoms with Crippen molar-refractivity contribution in [3.63, 3.8) is 0 Å². The van der Waals surface area contributed by atoms with Gasteiger partial charge in [-0.25, -0.2) is 0 Å². The molecule has 0 radical (unpaired) electrons. The molecule has 0 aromatic rings. The highest BCUT2D eigenvalue weighted by molar-refractivity contribution is 4.90. The summed E-state index contributed by atoms with van der Waals surface area (Å²) in [6.45, 7) is 17.1. The number of hydrogen-bond acceptors (Lipinski definition) is 2. The molecule has 4 atom stereocenters. The molecule has 1 aliphatic carbocycles. The van der Waals surface area contributed by atoms with Gasteiger partial charge in [-0.2, -0.15) is 0 Å². The van der Waals surface area contributed by atoms with Crippen LogP contribution in [0, 0.1) is 23.2 Å². The Balaban J connectivity index is 1.96. The van der Waals surface area contributed by atoms with Gasteiger partial charge in [0.15, 0.2) is 0 Å². The van der Waals surface area contributed by atoms with E-state index in [0.29, 0.717) is 5.41 Å². The van der Waals surface area contributed by atoms with E-state index < -0.39 is 0 Å². The van der Waals surface area contributed by atoms with Gasteiger partial charge in [-0.15, -0.1) is 0 Å². The Labute approximate surface area is 133 Å². The van der Waals surface area contributed by atoms with E-state index in [2.05, 4.69) is 44.8 Å². The number of nitrogens with one attached hydrogen (secondary N) is 1. The molecule has 1 saturated heterocycles. The molecule has 0 aromatic heterocycles. The Kier molecular flexibility index (Phi) is 6.14. The first-order valence-corrected chi connectivity index (χ1v) is 9.36. The highest BCUT2D eigenvalue weighted by atomic mass is 15.1. The van der Waals surface area contributed by atoms with Crippen LogP contribution in [0.15, 0.2) is 0 Å². The van der Waals surface area contributed by atoms with E-state index in [-0.39, 0.29) is 0 Å². The van der Waals surface area contributed by atoms with Gasteiger partial charge in [-0.3, -0.25) is 0 Å². The smallest absolute Gasteiger partial charge is 0.0108 e. The second kappa shape index (κ2) is 7.46. The molecule has 0 aromatic carbocycles. The van der Waals surface area contributed by atoms with Gasteiger partial charge in [-0.1, -0.05) is 34.6 Å². The van der Waals surface area contributed by atoms with Crippen LogP contribution in [0.3, 0.4) is 0 Å². The number of likely N-dealkylation sites (tertiary alicyclic amines) is 1. The summed E-state index contributed by atoms with van der Waals surface area (Å²) in [6.07, 6.45) is 7.05. The van der Waals surface area contributed by atoms with E-state index in [1.807, 2.05) is 0 Å². The topological polar surface area (TPSA) is 15.3 Å². The lowest BCUT2D eigenvalue weighted by Crippen LogP contribution is -2.48. The van der Waals surface area contributed by atoms with Crippen LogP contribution in [-0.2, 0) is 0 Å². The predicted molar refractivity (Wildman–Crippen MR) is 92.6 cm³/mol. The van der Waals surface area contributed by atoms with Gasteiger partial charge in [0.2, 0.25) is 0 Å². The van der Waals surface area contributed by atoms with Gasteiger partial charge in [0.1, 0.15) is 0 Å². The first-order chi connectivity index (χ1) is 9.90. The van der Waals surface area contributed by atoms with Crippen LogP contribution in [0.4, 0.5) is 0 Å². The van der Waals surface area contributed by atoms with Crippen LogP contribution in [0.5, 0.6) is 0 Å². The zero-order chi connectivity index (χ0) is 15.5. The Morgan fingerprint density at radius 1 is 1.14 bits per heavy atom. The lowest BCUT2D eigenvalue weighted by Gasteiger charge is -2.44. The minimum Gasteiger partial charge on any atom is -0.314 e. The van der Waals surface area contributed by atoms with Gasteiger partial charge in [-0.05, 0) is 68.4 Å². The first kappa shape index (κ1) is 17.3. The Hall–Kier alpha value is -0.0800. The molecule has 2 rings (SSSR count). The quantitative estimate of drug-likeness (QED) is 0.837. The Bertz CT molecular complexity index is 307. The molecule has 4 unspecified atom stereocenters. The van der Waals surface area contributed by atoms with Crippen LogP contribution < -0.4 is 5.32 Å². The third kappa shape index (κ3) is 4.96. The lowest BCUT2D eigenvalue weighted by atomic mass is 9.67. The summed E-state index contributed by atoms with van der Waals surface area (Å²) >= 11 is 0. The SMILES string of the molecule is CCNC1CCC(C(C)(C)C)CC1CN1CCCC(C)C1. The second-order valence-electron chi connectivity index (χ2n) is 8.81. The van der Waals surface area contributed by atoms with E-state index in [1.165, 1.54) is 51.7 Å². The number of rotatable bonds is 4. The van der Waals surface area contributed by atoms with Crippen molar-refractivity contribution < 1.29 is 0 Å². The molecule has 0 bridgehead atoms. The van der Waals surface area contributed by atoms with Crippen LogP contribution in [-0.4, -0.2) is 37.1 Å². The summed E-state index contributed by atoms with van der Waals surface area (Å²) in [4.78, 5) is 2.76. The molecular formula is C19H38N2. The average molecular weight is 295 g/mol. The lowest BCUT2D eigenvalue weighted by molar-refractivity contribution is 0.0741. The molecule has 1 saturated carbocycles. The van der Waals surface area contributed by atoms with Gasteiger partial charge >= 0.3 is 0 Å². The second-order valence-corrected chi connectivity index (χ2v) is 8.81. The van der Waals surface area contributed by atoms with E-state index in [1.54, 1.807) is 0 Å². The van der Waals surface area contributed by atoms with Crippen molar-refractivity contribution in [1.82, 2.24) is 10.2 Å². The van der Waals surface area contributed by atoms with Gasteiger partial charge in [0.25, 0.3) is 0 Å². The Morgan fingerprint density at radius 3 is 2.52 bits per heavy atom. The molecule has 2 fully saturated rings. The number of piperidine rings is 1. The van der Waals surface area contributed by atoms with Crippen LogP contribution in [0.2, 0.25) is 0 Å². The van der Waals surface area contributed by atoms with Crippen molar-refractivity contribution in [2.45, 2.75) is 72.8 Å².